The SMILES string of the molecule is CC1CCN(C(=O)N2CC(C)OC(CO)C2)C(C(=O)O)C1. The van der Waals surface area contributed by atoms with Crippen LogP contribution in [0.5, 0.6) is 0 Å². The van der Waals surface area contributed by atoms with Crippen LogP contribution in [0.4, 0.5) is 4.79 Å². The van der Waals surface area contributed by atoms with Crippen LogP contribution in [0.3, 0.4) is 0 Å². The maximum Gasteiger partial charge on any atom is 0.326 e. The fraction of sp³-hybridized carbons (Fsp3) is 0.857. The summed E-state index contributed by atoms with van der Waals surface area (Å²) in [5.41, 5.74) is 0. The summed E-state index contributed by atoms with van der Waals surface area (Å²) in [4.78, 5) is 27.1. The number of aliphatic carboxylic acids is 1. The molecule has 0 radical (unpaired) electrons. The summed E-state index contributed by atoms with van der Waals surface area (Å²) in [5, 5.41) is 18.6. The highest BCUT2D eigenvalue weighted by Crippen LogP contribution is 2.25. The quantitative estimate of drug-likeness (QED) is 0.769. The molecule has 2 fully saturated rings. The molecule has 0 aliphatic carbocycles. The lowest BCUT2D eigenvalue weighted by Crippen LogP contribution is -2.59. The summed E-state index contributed by atoms with van der Waals surface area (Å²) in [5.74, 6) is -0.640. The number of hydrogen-bond acceptors (Lipinski definition) is 4. The highest BCUT2D eigenvalue weighted by atomic mass is 16.5. The van der Waals surface area contributed by atoms with Crippen molar-refractivity contribution in [3.05, 3.63) is 0 Å². The second-order valence-electron chi connectivity index (χ2n) is 6.12. The zero-order valence-electron chi connectivity index (χ0n) is 12.6. The fourth-order valence-corrected chi connectivity index (χ4v) is 3.09. The minimum absolute atomic E-state index is 0.145. The largest absolute Gasteiger partial charge is 0.480 e. The van der Waals surface area contributed by atoms with Gasteiger partial charge in [0.1, 0.15) is 6.04 Å². The molecular formula is C14H24N2O5. The summed E-state index contributed by atoms with van der Waals surface area (Å²) >= 11 is 0. The molecule has 21 heavy (non-hydrogen) atoms. The Morgan fingerprint density at radius 2 is 2.00 bits per heavy atom. The Kier molecular flexibility index (Phi) is 5.05. The molecule has 2 N–H and O–H groups in total. The number of carbonyl (C=O) groups excluding carboxylic acids is 1. The zero-order valence-corrected chi connectivity index (χ0v) is 12.6. The first-order valence-corrected chi connectivity index (χ1v) is 7.47. The Hall–Kier alpha value is -1.34. The van der Waals surface area contributed by atoms with Gasteiger partial charge in [-0.2, -0.15) is 0 Å². The zero-order chi connectivity index (χ0) is 15.6. The monoisotopic (exact) mass is 300 g/mol. The van der Waals surface area contributed by atoms with Gasteiger partial charge in [0.25, 0.3) is 0 Å². The number of carbonyl (C=O) groups is 2. The summed E-state index contributed by atoms with van der Waals surface area (Å²) in [6, 6.07) is -1.02. The molecule has 2 rings (SSSR count). The first-order valence-electron chi connectivity index (χ1n) is 7.47. The van der Waals surface area contributed by atoms with E-state index in [0.717, 1.165) is 6.42 Å². The Morgan fingerprint density at radius 1 is 1.29 bits per heavy atom. The molecule has 120 valence electrons. The van der Waals surface area contributed by atoms with Crippen LogP contribution in [0.25, 0.3) is 0 Å². The predicted molar refractivity (Wildman–Crippen MR) is 74.9 cm³/mol. The van der Waals surface area contributed by atoms with E-state index in [1.807, 2.05) is 13.8 Å². The van der Waals surface area contributed by atoms with Crippen molar-refractivity contribution in [1.29, 1.82) is 0 Å². The molecule has 7 nitrogen and oxygen atoms in total. The predicted octanol–water partition coefficient (Wildman–Crippen LogP) is 0.373. The van der Waals surface area contributed by atoms with Crippen LogP contribution in [0, 0.1) is 5.92 Å². The Balaban J connectivity index is 2.08. The second-order valence-corrected chi connectivity index (χ2v) is 6.12. The molecule has 2 amide bonds. The van der Waals surface area contributed by atoms with E-state index in [1.54, 1.807) is 4.90 Å². The second kappa shape index (κ2) is 6.62. The number of amides is 2. The maximum absolute atomic E-state index is 12.6. The molecule has 0 saturated carbocycles. The normalized spacial score (nSPS) is 33.9. The van der Waals surface area contributed by atoms with Crippen LogP contribution in [-0.2, 0) is 9.53 Å². The van der Waals surface area contributed by atoms with Crippen molar-refractivity contribution in [3.63, 3.8) is 0 Å². The van der Waals surface area contributed by atoms with Crippen LogP contribution in [-0.4, -0.2) is 76.5 Å². The highest BCUT2D eigenvalue weighted by Gasteiger charge is 2.38. The molecule has 2 heterocycles. The van der Waals surface area contributed by atoms with E-state index < -0.39 is 18.1 Å². The lowest BCUT2D eigenvalue weighted by molar-refractivity contribution is -0.144. The number of urea groups is 1. The number of piperidine rings is 1. The molecule has 0 bridgehead atoms. The minimum Gasteiger partial charge on any atom is -0.480 e. The van der Waals surface area contributed by atoms with Crippen LogP contribution in [0.1, 0.15) is 26.7 Å². The molecule has 2 aliphatic heterocycles. The van der Waals surface area contributed by atoms with Gasteiger partial charge in [-0.15, -0.1) is 0 Å². The van der Waals surface area contributed by atoms with Crippen molar-refractivity contribution in [2.75, 3.05) is 26.2 Å². The van der Waals surface area contributed by atoms with Crippen molar-refractivity contribution in [2.24, 2.45) is 5.92 Å². The number of aliphatic hydroxyl groups excluding tert-OH is 1. The number of ether oxygens (including phenoxy) is 1. The summed E-state index contributed by atoms with van der Waals surface area (Å²) in [7, 11) is 0. The van der Waals surface area contributed by atoms with E-state index in [0.29, 0.717) is 32.0 Å². The molecule has 0 aromatic carbocycles. The van der Waals surface area contributed by atoms with E-state index in [1.165, 1.54) is 4.90 Å². The highest BCUT2D eigenvalue weighted by molar-refractivity contribution is 5.83. The van der Waals surface area contributed by atoms with Gasteiger partial charge >= 0.3 is 12.0 Å². The third-order valence-electron chi connectivity index (χ3n) is 4.20. The van der Waals surface area contributed by atoms with Crippen molar-refractivity contribution in [3.8, 4) is 0 Å². The standard InChI is InChI=1S/C14H24N2O5/c1-9-3-4-16(12(5-9)13(18)19)14(20)15-6-10(2)21-11(7-15)8-17/h9-12,17H,3-8H2,1-2H3,(H,18,19). The molecule has 2 aliphatic rings. The van der Waals surface area contributed by atoms with Crippen LogP contribution < -0.4 is 0 Å². The number of nitrogens with zero attached hydrogens (tertiary/aromatic N) is 2. The average molecular weight is 300 g/mol. The van der Waals surface area contributed by atoms with Gasteiger partial charge in [0.15, 0.2) is 0 Å². The molecule has 2 saturated heterocycles. The number of hydrogen-bond donors (Lipinski definition) is 2. The van der Waals surface area contributed by atoms with Gasteiger partial charge in [0.05, 0.1) is 25.4 Å². The average Bonchev–Trinajstić information content (AvgIpc) is 2.45. The number of aliphatic hydroxyl groups is 1. The van der Waals surface area contributed by atoms with Gasteiger partial charge in [0.2, 0.25) is 0 Å². The minimum atomic E-state index is -0.949. The Bertz CT molecular complexity index is 403. The van der Waals surface area contributed by atoms with Crippen LogP contribution in [0.2, 0.25) is 0 Å². The van der Waals surface area contributed by atoms with Gasteiger partial charge in [-0.3, -0.25) is 0 Å². The number of morpholine rings is 1. The van der Waals surface area contributed by atoms with Gasteiger partial charge < -0.3 is 24.7 Å². The van der Waals surface area contributed by atoms with E-state index in [-0.39, 0.29) is 18.7 Å². The van der Waals surface area contributed by atoms with E-state index in [2.05, 4.69) is 0 Å². The lowest BCUT2D eigenvalue weighted by atomic mass is 9.92. The summed E-state index contributed by atoms with van der Waals surface area (Å²) in [6.45, 7) is 4.90. The van der Waals surface area contributed by atoms with Crippen molar-refractivity contribution >= 4 is 12.0 Å². The molecule has 4 atom stereocenters. The number of carboxylic acid groups (broad SMARTS) is 1. The van der Waals surface area contributed by atoms with E-state index in [4.69, 9.17) is 4.74 Å². The Morgan fingerprint density at radius 3 is 2.62 bits per heavy atom. The number of rotatable bonds is 2. The molecule has 0 aromatic rings. The third-order valence-corrected chi connectivity index (χ3v) is 4.20. The first kappa shape index (κ1) is 16.0. The molecule has 4 unspecified atom stereocenters. The number of carboxylic acids is 1. The van der Waals surface area contributed by atoms with Crippen molar-refractivity contribution in [1.82, 2.24) is 9.80 Å². The van der Waals surface area contributed by atoms with Crippen LogP contribution in [0.15, 0.2) is 0 Å². The first-order chi connectivity index (χ1) is 9.92. The number of likely N-dealkylation sites (tertiary alicyclic amines) is 1. The van der Waals surface area contributed by atoms with Crippen molar-refractivity contribution in [2.45, 2.75) is 44.9 Å². The van der Waals surface area contributed by atoms with Gasteiger partial charge in [-0.1, -0.05) is 6.92 Å². The molecule has 0 aromatic heterocycles. The van der Waals surface area contributed by atoms with Gasteiger partial charge in [-0.05, 0) is 25.7 Å². The molecular weight excluding hydrogens is 276 g/mol. The van der Waals surface area contributed by atoms with Crippen LogP contribution >= 0.6 is 0 Å². The molecule has 7 heteroatoms. The van der Waals surface area contributed by atoms with Crippen molar-refractivity contribution < 1.29 is 24.5 Å². The Labute approximate surface area is 124 Å². The fourth-order valence-electron chi connectivity index (χ4n) is 3.09. The molecule has 0 spiro atoms. The van der Waals surface area contributed by atoms with Gasteiger partial charge in [0, 0.05) is 13.1 Å². The van der Waals surface area contributed by atoms with Gasteiger partial charge in [-0.25, -0.2) is 9.59 Å². The third kappa shape index (κ3) is 3.65. The summed E-state index contributed by atoms with van der Waals surface area (Å²) in [6.07, 6.45) is 0.750. The van der Waals surface area contributed by atoms with E-state index >= 15 is 0 Å². The smallest absolute Gasteiger partial charge is 0.326 e. The van der Waals surface area contributed by atoms with E-state index in [9.17, 15) is 19.8 Å². The summed E-state index contributed by atoms with van der Waals surface area (Å²) < 4.78 is 5.52. The topological polar surface area (TPSA) is 90.3 Å². The lowest BCUT2D eigenvalue weighted by Gasteiger charge is -2.42. The maximum atomic E-state index is 12.6.